The lowest BCUT2D eigenvalue weighted by atomic mass is 9.84. The van der Waals surface area contributed by atoms with Crippen LogP contribution in [0.4, 0.5) is 4.79 Å². The summed E-state index contributed by atoms with van der Waals surface area (Å²) in [5, 5.41) is 3.06. The van der Waals surface area contributed by atoms with Gasteiger partial charge in [0.05, 0.1) is 12.5 Å². The summed E-state index contributed by atoms with van der Waals surface area (Å²) in [7, 11) is 0. The van der Waals surface area contributed by atoms with Crippen LogP contribution in [0.5, 0.6) is 0 Å². The van der Waals surface area contributed by atoms with Gasteiger partial charge in [-0.25, -0.2) is 4.79 Å². The Morgan fingerprint density at radius 1 is 0.659 bits per heavy atom. The van der Waals surface area contributed by atoms with E-state index in [9.17, 15) is 9.59 Å². The average molecular weight is 557 g/mol. The van der Waals surface area contributed by atoms with Crippen molar-refractivity contribution in [1.29, 1.82) is 0 Å². The van der Waals surface area contributed by atoms with E-state index in [0.29, 0.717) is 10.6 Å². The van der Waals surface area contributed by atoms with Gasteiger partial charge in [-0.05, 0) is 45.0 Å². The minimum atomic E-state index is -0.633. The summed E-state index contributed by atoms with van der Waals surface area (Å²) < 4.78 is 5.57. The zero-order valence-corrected chi connectivity index (χ0v) is 23.0. The maximum Gasteiger partial charge on any atom is 0.407 e. The fourth-order valence-corrected chi connectivity index (χ4v) is 5.76. The first-order valence-electron chi connectivity index (χ1n) is 13.5. The molecule has 1 aliphatic carbocycles. The lowest BCUT2D eigenvalue weighted by molar-refractivity contribution is 0.0976. The molecular weight excluding hydrogens is 530 g/mol. The lowest BCUT2D eigenvalue weighted by Gasteiger charge is -2.19. The molecule has 4 nitrogen and oxygen atoms in total. The van der Waals surface area contributed by atoms with Crippen molar-refractivity contribution >= 4 is 23.5 Å². The highest BCUT2D eigenvalue weighted by molar-refractivity contribution is 6.32. The number of carbonyl (C=O) groups excluding carboxylic acids is 2. The van der Waals surface area contributed by atoms with E-state index < -0.39 is 6.09 Å². The van der Waals surface area contributed by atoms with E-state index in [4.69, 9.17) is 16.3 Å². The number of rotatable bonds is 8. The van der Waals surface area contributed by atoms with E-state index in [1.807, 2.05) is 91.0 Å². The van der Waals surface area contributed by atoms with Crippen molar-refractivity contribution in [2.45, 2.75) is 5.92 Å². The van der Waals surface area contributed by atoms with Gasteiger partial charge in [-0.1, -0.05) is 133 Å². The molecule has 5 heteroatoms. The Kier molecular flexibility index (Phi) is 7.66. The molecule has 1 amide bonds. The Bertz CT molecular complexity index is 1620. The molecular formula is C36H27ClNO3. The zero-order valence-electron chi connectivity index (χ0n) is 22.2. The first-order valence-corrected chi connectivity index (χ1v) is 13.9. The van der Waals surface area contributed by atoms with Crippen molar-refractivity contribution in [2.75, 3.05) is 13.2 Å². The smallest absolute Gasteiger partial charge is 0.407 e. The van der Waals surface area contributed by atoms with Gasteiger partial charge < -0.3 is 10.1 Å². The number of benzene rings is 5. The van der Waals surface area contributed by atoms with Gasteiger partial charge in [0, 0.05) is 16.5 Å². The molecule has 0 fully saturated rings. The van der Waals surface area contributed by atoms with Gasteiger partial charge in [-0.15, -0.1) is 0 Å². The normalized spacial score (nSPS) is 12.0. The van der Waals surface area contributed by atoms with Crippen LogP contribution in [-0.2, 0) is 4.74 Å². The largest absolute Gasteiger partial charge is 0.449 e. The number of hydrogen-bond donors (Lipinski definition) is 1. The van der Waals surface area contributed by atoms with Crippen LogP contribution in [0.3, 0.4) is 0 Å². The highest BCUT2D eigenvalue weighted by Gasteiger charge is 2.29. The third-order valence-corrected chi connectivity index (χ3v) is 7.73. The van der Waals surface area contributed by atoms with Crippen LogP contribution in [0.2, 0.25) is 5.02 Å². The summed E-state index contributed by atoms with van der Waals surface area (Å²) in [5.41, 5.74) is 7.88. The molecule has 0 atom stereocenters. The van der Waals surface area contributed by atoms with Crippen molar-refractivity contribution in [3.63, 3.8) is 0 Å². The molecule has 0 aromatic heterocycles. The Morgan fingerprint density at radius 3 is 1.76 bits per heavy atom. The Labute approximate surface area is 244 Å². The number of alkyl carbamates (subject to hydrolysis) is 1. The molecule has 201 valence electrons. The summed E-state index contributed by atoms with van der Waals surface area (Å²) in [6.45, 7) is -0.00749. The number of halogens is 1. The standard InChI is InChI=1S/C36H27ClNO3/c37-33-21-26(19-20-31(33)35(24-11-3-1-4-12-24)25-13-5-2-6-14-25)34(39)22-38-36(40)41-23-32-29-17-9-7-15-27(29)28-16-8-10-18-30(28)32/h1-21,32H,22-23H2,(H,38,40). The first kappa shape index (κ1) is 26.5. The molecule has 1 aliphatic rings. The topological polar surface area (TPSA) is 55.4 Å². The van der Waals surface area contributed by atoms with Gasteiger partial charge >= 0.3 is 6.09 Å². The van der Waals surface area contributed by atoms with E-state index in [1.54, 1.807) is 12.1 Å². The number of fused-ring (bicyclic) bond motifs is 3. The summed E-state index contributed by atoms with van der Waals surface area (Å²) in [5.74, 6) is 0.676. The minimum Gasteiger partial charge on any atom is -0.449 e. The summed E-state index contributed by atoms with van der Waals surface area (Å²) in [6, 6.07) is 41.6. The van der Waals surface area contributed by atoms with E-state index in [-0.39, 0.29) is 24.9 Å². The van der Waals surface area contributed by atoms with Crippen LogP contribution in [0.25, 0.3) is 11.1 Å². The highest BCUT2D eigenvalue weighted by atomic mass is 35.5. The second-order valence-electron chi connectivity index (χ2n) is 9.90. The van der Waals surface area contributed by atoms with Crippen molar-refractivity contribution in [3.8, 4) is 11.1 Å². The van der Waals surface area contributed by atoms with E-state index in [0.717, 1.165) is 44.9 Å². The Hall–Kier alpha value is -4.67. The van der Waals surface area contributed by atoms with E-state index in [2.05, 4.69) is 29.6 Å². The quantitative estimate of drug-likeness (QED) is 0.155. The molecule has 0 bridgehead atoms. The molecule has 1 radical (unpaired) electrons. The number of carbonyl (C=O) groups is 2. The van der Waals surface area contributed by atoms with Crippen LogP contribution < -0.4 is 5.32 Å². The molecule has 0 aliphatic heterocycles. The van der Waals surface area contributed by atoms with E-state index >= 15 is 0 Å². The van der Waals surface area contributed by atoms with Gasteiger partial charge in [0.1, 0.15) is 6.61 Å². The molecule has 0 saturated carbocycles. The van der Waals surface area contributed by atoms with Gasteiger partial charge in [-0.3, -0.25) is 4.79 Å². The molecule has 0 heterocycles. The highest BCUT2D eigenvalue weighted by Crippen LogP contribution is 2.44. The fraction of sp³-hybridized carbons (Fsp3) is 0.0833. The summed E-state index contributed by atoms with van der Waals surface area (Å²) in [6.07, 6.45) is -0.633. The molecule has 5 aromatic rings. The number of Topliss-reactive ketones (excluding diaryl/α,β-unsaturated/α-hetero) is 1. The monoisotopic (exact) mass is 556 g/mol. The number of nitrogens with one attached hydrogen (secondary N) is 1. The second-order valence-corrected chi connectivity index (χ2v) is 10.3. The summed E-state index contributed by atoms with van der Waals surface area (Å²) >= 11 is 6.75. The van der Waals surface area contributed by atoms with Crippen LogP contribution in [0.15, 0.2) is 127 Å². The number of amides is 1. The van der Waals surface area contributed by atoms with Crippen molar-refractivity contribution in [2.24, 2.45) is 0 Å². The fourth-order valence-electron chi connectivity index (χ4n) is 5.48. The van der Waals surface area contributed by atoms with Crippen LogP contribution in [-0.4, -0.2) is 25.0 Å². The molecule has 0 saturated heterocycles. The number of ketones is 1. The molecule has 6 rings (SSSR count). The van der Waals surface area contributed by atoms with Crippen molar-refractivity contribution in [1.82, 2.24) is 5.32 Å². The predicted octanol–water partition coefficient (Wildman–Crippen LogP) is 8.08. The molecule has 5 aromatic carbocycles. The van der Waals surface area contributed by atoms with Gasteiger partial charge in [0.15, 0.2) is 5.78 Å². The first-order chi connectivity index (χ1) is 20.1. The third-order valence-electron chi connectivity index (χ3n) is 7.42. The third kappa shape index (κ3) is 5.52. The van der Waals surface area contributed by atoms with E-state index in [1.165, 1.54) is 0 Å². The van der Waals surface area contributed by atoms with Crippen LogP contribution >= 0.6 is 11.6 Å². The maximum atomic E-state index is 13.0. The molecule has 0 spiro atoms. The summed E-state index contributed by atoms with van der Waals surface area (Å²) in [4.78, 5) is 25.5. The lowest BCUT2D eigenvalue weighted by Crippen LogP contribution is -2.31. The van der Waals surface area contributed by atoms with Gasteiger partial charge in [0.2, 0.25) is 0 Å². The predicted molar refractivity (Wildman–Crippen MR) is 162 cm³/mol. The molecule has 41 heavy (non-hydrogen) atoms. The zero-order chi connectivity index (χ0) is 28.2. The Morgan fingerprint density at radius 2 is 1.20 bits per heavy atom. The molecule has 0 unspecified atom stereocenters. The maximum absolute atomic E-state index is 13.0. The number of ether oxygens (including phenoxy) is 1. The Balaban J connectivity index is 1.11. The minimum absolute atomic E-state index is 0.0464. The van der Waals surface area contributed by atoms with Gasteiger partial charge in [-0.2, -0.15) is 0 Å². The van der Waals surface area contributed by atoms with Gasteiger partial charge in [0.25, 0.3) is 0 Å². The van der Waals surface area contributed by atoms with Crippen molar-refractivity contribution in [3.05, 3.63) is 172 Å². The number of hydrogen-bond acceptors (Lipinski definition) is 3. The van der Waals surface area contributed by atoms with Crippen LogP contribution in [0.1, 0.15) is 44.1 Å². The molecule has 1 N–H and O–H groups in total. The van der Waals surface area contributed by atoms with Crippen LogP contribution in [0, 0.1) is 5.92 Å². The average Bonchev–Trinajstić information content (AvgIpc) is 3.34. The second kappa shape index (κ2) is 11.8. The SMILES string of the molecule is O=C(NCC(=O)c1ccc([C](c2ccccc2)c2ccccc2)c(Cl)c1)OCC1c2ccccc2-c2ccccc21. The van der Waals surface area contributed by atoms with Crippen molar-refractivity contribution < 1.29 is 14.3 Å².